The number of nitrogens with two attached hydrogens (primary N) is 1. The SMILES string of the molecule is Nc1cc(C=O)c2ccc3cccc4ccc1c2c43. The summed E-state index contributed by atoms with van der Waals surface area (Å²) in [6, 6.07) is 16.2. The first-order chi connectivity index (χ1) is 9.29. The minimum absolute atomic E-state index is 0.656. The van der Waals surface area contributed by atoms with E-state index in [0.29, 0.717) is 11.3 Å². The Morgan fingerprint density at radius 2 is 1.53 bits per heavy atom. The van der Waals surface area contributed by atoms with Crippen molar-refractivity contribution in [2.75, 3.05) is 5.73 Å². The molecule has 0 saturated heterocycles. The van der Waals surface area contributed by atoms with Crippen LogP contribution in [0.3, 0.4) is 0 Å². The van der Waals surface area contributed by atoms with Gasteiger partial charge in [-0.2, -0.15) is 0 Å². The summed E-state index contributed by atoms with van der Waals surface area (Å²) < 4.78 is 0. The summed E-state index contributed by atoms with van der Waals surface area (Å²) in [6.07, 6.45) is 0.877. The van der Waals surface area contributed by atoms with Crippen molar-refractivity contribution < 1.29 is 4.79 Å². The van der Waals surface area contributed by atoms with Gasteiger partial charge in [0.25, 0.3) is 0 Å². The first-order valence-corrected chi connectivity index (χ1v) is 6.21. The fraction of sp³-hybridized carbons (Fsp3) is 0. The molecule has 0 aromatic heterocycles. The molecular weight excluding hydrogens is 234 g/mol. The zero-order chi connectivity index (χ0) is 13.0. The number of hydrogen-bond acceptors (Lipinski definition) is 2. The normalized spacial score (nSPS) is 11.6. The fourth-order valence-corrected chi connectivity index (χ4v) is 2.98. The second kappa shape index (κ2) is 3.45. The lowest BCUT2D eigenvalue weighted by Gasteiger charge is -2.13. The van der Waals surface area contributed by atoms with Crippen LogP contribution < -0.4 is 5.73 Å². The standard InChI is InChI=1S/C17H11NO/c18-15-8-12(9-19)13-6-4-10-2-1-3-11-5-7-14(15)17(13)16(10)11/h1-9H,18H2. The minimum atomic E-state index is 0.656. The van der Waals surface area contributed by atoms with Crippen molar-refractivity contribution in [3.05, 3.63) is 54.1 Å². The van der Waals surface area contributed by atoms with Gasteiger partial charge in [0.2, 0.25) is 0 Å². The smallest absolute Gasteiger partial charge is 0.150 e. The molecule has 0 aliphatic carbocycles. The summed E-state index contributed by atoms with van der Waals surface area (Å²) in [4.78, 5) is 11.2. The zero-order valence-electron chi connectivity index (χ0n) is 10.2. The zero-order valence-corrected chi connectivity index (χ0v) is 10.2. The molecule has 4 aromatic carbocycles. The summed E-state index contributed by atoms with van der Waals surface area (Å²) in [6.45, 7) is 0. The Hall–Kier alpha value is -2.61. The van der Waals surface area contributed by atoms with Crippen LogP contribution in [0.4, 0.5) is 5.69 Å². The van der Waals surface area contributed by atoms with E-state index in [4.69, 9.17) is 5.73 Å². The molecule has 0 aliphatic heterocycles. The maximum absolute atomic E-state index is 11.2. The van der Waals surface area contributed by atoms with E-state index in [9.17, 15) is 4.79 Å². The van der Waals surface area contributed by atoms with Crippen LogP contribution in [-0.4, -0.2) is 6.29 Å². The lowest BCUT2D eigenvalue weighted by molar-refractivity contribution is 0.112. The van der Waals surface area contributed by atoms with E-state index in [1.54, 1.807) is 6.07 Å². The molecule has 0 aliphatic rings. The van der Waals surface area contributed by atoms with Gasteiger partial charge in [0.05, 0.1) is 0 Å². The Bertz CT molecular complexity index is 924. The summed E-state index contributed by atoms with van der Waals surface area (Å²) in [5, 5.41) is 6.63. The van der Waals surface area contributed by atoms with Gasteiger partial charge in [-0.05, 0) is 27.6 Å². The minimum Gasteiger partial charge on any atom is -0.398 e. The number of rotatable bonds is 1. The van der Waals surface area contributed by atoms with Crippen LogP contribution in [0, 0.1) is 0 Å². The predicted octanol–water partition coefficient (Wildman–Crippen LogP) is 3.98. The molecule has 0 saturated carbocycles. The first-order valence-electron chi connectivity index (χ1n) is 6.21. The van der Waals surface area contributed by atoms with Crippen molar-refractivity contribution in [2.24, 2.45) is 0 Å². The van der Waals surface area contributed by atoms with Crippen molar-refractivity contribution in [2.45, 2.75) is 0 Å². The third-order valence-electron chi connectivity index (χ3n) is 3.84. The number of carbonyl (C=O) groups excluding carboxylic acids is 1. The first kappa shape index (κ1) is 10.3. The summed E-state index contributed by atoms with van der Waals surface area (Å²) in [5.74, 6) is 0. The van der Waals surface area contributed by atoms with Gasteiger partial charge in [0.1, 0.15) is 0 Å². The second-order valence-electron chi connectivity index (χ2n) is 4.85. The Labute approximate surface area is 109 Å². The molecule has 0 unspecified atom stereocenters. The van der Waals surface area contributed by atoms with E-state index >= 15 is 0 Å². The second-order valence-corrected chi connectivity index (χ2v) is 4.85. The molecule has 4 aromatic rings. The quantitative estimate of drug-likeness (QED) is 0.313. The lowest BCUT2D eigenvalue weighted by atomic mass is 9.91. The van der Waals surface area contributed by atoms with E-state index in [1.807, 2.05) is 18.2 Å². The van der Waals surface area contributed by atoms with Gasteiger partial charge in [-0.1, -0.05) is 42.5 Å². The third-order valence-corrected chi connectivity index (χ3v) is 3.84. The van der Waals surface area contributed by atoms with E-state index < -0.39 is 0 Å². The van der Waals surface area contributed by atoms with E-state index in [0.717, 1.165) is 22.4 Å². The predicted molar refractivity (Wildman–Crippen MR) is 79.9 cm³/mol. The van der Waals surface area contributed by atoms with Crippen LogP contribution in [0.2, 0.25) is 0 Å². The summed E-state index contributed by atoms with van der Waals surface area (Å²) >= 11 is 0. The number of nitrogen functional groups attached to an aromatic ring is 1. The highest BCUT2D eigenvalue weighted by atomic mass is 16.1. The molecule has 0 heterocycles. The molecule has 4 rings (SSSR count). The molecule has 19 heavy (non-hydrogen) atoms. The highest BCUT2D eigenvalue weighted by molar-refractivity contribution is 6.27. The average Bonchev–Trinajstić information content (AvgIpc) is 2.46. The number of benzene rings is 4. The van der Waals surface area contributed by atoms with Crippen molar-refractivity contribution >= 4 is 44.3 Å². The summed E-state index contributed by atoms with van der Waals surface area (Å²) in [7, 11) is 0. The number of aldehydes is 1. The van der Waals surface area contributed by atoms with Crippen molar-refractivity contribution in [3.8, 4) is 0 Å². The van der Waals surface area contributed by atoms with Gasteiger partial charge >= 0.3 is 0 Å². The highest BCUT2D eigenvalue weighted by Gasteiger charge is 2.12. The molecule has 2 N–H and O–H groups in total. The number of carbonyl (C=O) groups is 1. The van der Waals surface area contributed by atoms with Crippen LogP contribution in [0.15, 0.2) is 48.5 Å². The highest BCUT2D eigenvalue weighted by Crippen LogP contribution is 2.38. The van der Waals surface area contributed by atoms with Crippen LogP contribution in [0.1, 0.15) is 10.4 Å². The van der Waals surface area contributed by atoms with Gasteiger partial charge in [0.15, 0.2) is 6.29 Å². The number of anilines is 1. The van der Waals surface area contributed by atoms with E-state index in [1.165, 1.54) is 16.2 Å². The molecule has 0 radical (unpaired) electrons. The molecule has 0 bridgehead atoms. The van der Waals surface area contributed by atoms with Crippen LogP contribution in [0.25, 0.3) is 32.3 Å². The van der Waals surface area contributed by atoms with Gasteiger partial charge in [-0.25, -0.2) is 0 Å². The van der Waals surface area contributed by atoms with Gasteiger partial charge in [-0.3, -0.25) is 4.79 Å². The van der Waals surface area contributed by atoms with Crippen LogP contribution in [0.5, 0.6) is 0 Å². The molecule has 0 spiro atoms. The van der Waals surface area contributed by atoms with Crippen molar-refractivity contribution in [1.29, 1.82) is 0 Å². The number of hydrogen-bond donors (Lipinski definition) is 1. The Morgan fingerprint density at radius 3 is 2.21 bits per heavy atom. The monoisotopic (exact) mass is 245 g/mol. The largest absolute Gasteiger partial charge is 0.398 e. The molecule has 2 nitrogen and oxygen atoms in total. The molecule has 90 valence electrons. The Kier molecular flexibility index (Phi) is 1.88. The molecule has 0 amide bonds. The summed E-state index contributed by atoms with van der Waals surface area (Å²) in [5.41, 5.74) is 7.40. The van der Waals surface area contributed by atoms with E-state index in [-0.39, 0.29) is 0 Å². The molecule has 0 fully saturated rings. The Morgan fingerprint density at radius 1 is 0.842 bits per heavy atom. The third kappa shape index (κ3) is 1.23. The van der Waals surface area contributed by atoms with Gasteiger partial charge < -0.3 is 5.73 Å². The Balaban J connectivity index is 2.45. The van der Waals surface area contributed by atoms with Crippen molar-refractivity contribution in [3.63, 3.8) is 0 Å². The lowest BCUT2D eigenvalue weighted by Crippen LogP contribution is -1.94. The van der Waals surface area contributed by atoms with Gasteiger partial charge in [-0.15, -0.1) is 0 Å². The average molecular weight is 245 g/mol. The topological polar surface area (TPSA) is 43.1 Å². The van der Waals surface area contributed by atoms with E-state index in [2.05, 4.69) is 24.3 Å². The van der Waals surface area contributed by atoms with Crippen LogP contribution in [-0.2, 0) is 0 Å². The fourth-order valence-electron chi connectivity index (χ4n) is 2.98. The molecular formula is C17H11NO. The maximum atomic E-state index is 11.2. The molecule has 0 atom stereocenters. The molecule has 2 heteroatoms. The van der Waals surface area contributed by atoms with Crippen LogP contribution >= 0.6 is 0 Å². The van der Waals surface area contributed by atoms with Gasteiger partial charge in [0, 0.05) is 22.0 Å². The maximum Gasteiger partial charge on any atom is 0.150 e. The van der Waals surface area contributed by atoms with Crippen molar-refractivity contribution in [1.82, 2.24) is 0 Å².